The Kier molecular flexibility index (Phi) is 6.08. The lowest BCUT2D eigenvalue weighted by Crippen LogP contribution is -2.29. The second-order valence-electron chi connectivity index (χ2n) is 3.85. The van der Waals surface area contributed by atoms with Gasteiger partial charge in [-0.15, -0.1) is 0 Å². The molecule has 0 radical (unpaired) electrons. The highest BCUT2D eigenvalue weighted by Gasteiger charge is 2.08. The van der Waals surface area contributed by atoms with Gasteiger partial charge in [0.1, 0.15) is 5.75 Å². The van der Waals surface area contributed by atoms with Crippen LogP contribution in [0.3, 0.4) is 0 Å². The van der Waals surface area contributed by atoms with Crippen molar-refractivity contribution in [1.29, 1.82) is 0 Å². The highest BCUT2D eigenvalue weighted by atomic mass is 32.1. The number of methoxy groups -OCH3 is 1. The topological polar surface area (TPSA) is 29.5 Å². The molecule has 1 aromatic carbocycles. The van der Waals surface area contributed by atoms with Crippen molar-refractivity contribution in [3.05, 3.63) is 29.8 Å². The molecule has 0 aliphatic rings. The molecule has 0 atom stereocenters. The average Bonchev–Trinajstić information content (AvgIpc) is 2.37. The summed E-state index contributed by atoms with van der Waals surface area (Å²) >= 11 is 4.18. The van der Waals surface area contributed by atoms with Crippen molar-refractivity contribution in [2.45, 2.75) is 13.3 Å². The van der Waals surface area contributed by atoms with Crippen LogP contribution in [-0.4, -0.2) is 36.8 Å². The summed E-state index contributed by atoms with van der Waals surface area (Å²) in [5.74, 6) is 1.64. The van der Waals surface area contributed by atoms with Gasteiger partial charge in [-0.3, -0.25) is 9.69 Å². The van der Waals surface area contributed by atoms with Gasteiger partial charge in [-0.05, 0) is 24.2 Å². The first-order valence-electron chi connectivity index (χ1n) is 5.67. The van der Waals surface area contributed by atoms with Gasteiger partial charge >= 0.3 is 0 Å². The van der Waals surface area contributed by atoms with E-state index in [1.165, 1.54) is 0 Å². The summed E-state index contributed by atoms with van der Waals surface area (Å²) in [6, 6.07) is 7.60. The Morgan fingerprint density at radius 1 is 1.35 bits per heavy atom. The zero-order chi connectivity index (χ0) is 12.7. The highest BCUT2D eigenvalue weighted by molar-refractivity contribution is 7.80. The van der Waals surface area contributed by atoms with Crippen LogP contribution >= 0.6 is 12.6 Å². The Morgan fingerprint density at radius 3 is 2.47 bits per heavy atom. The normalized spacial score (nSPS) is 10.6. The Labute approximate surface area is 108 Å². The Balaban J connectivity index is 2.49. The lowest BCUT2D eigenvalue weighted by Gasteiger charge is -2.16. The Morgan fingerprint density at radius 2 is 2.00 bits per heavy atom. The molecular formula is C13H19NO2S. The largest absolute Gasteiger partial charge is 0.497 e. The molecule has 94 valence electrons. The molecule has 3 nitrogen and oxygen atoms in total. The molecular weight excluding hydrogens is 234 g/mol. The van der Waals surface area contributed by atoms with E-state index in [0.717, 1.165) is 17.9 Å². The van der Waals surface area contributed by atoms with Crippen molar-refractivity contribution < 1.29 is 9.53 Å². The number of benzene rings is 1. The molecule has 0 saturated heterocycles. The minimum Gasteiger partial charge on any atom is -0.497 e. The molecule has 0 aromatic heterocycles. The maximum Gasteiger partial charge on any atom is 0.151 e. The molecule has 1 rings (SSSR count). The van der Waals surface area contributed by atoms with E-state index in [1.807, 2.05) is 36.1 Å². The Hall–Kier alpha value is -1.00. The van der Waals surface area contributed by atoms with Crippen molar-refractivity contribution in [3.8, 4) is 5.75 Å². The molecule has 0 aliphatic heterocycles. The zero-order valence-electron chi connectivity index (χ0n) is 10.3. The van der Waals surface area contributed by atoms with Gasteiger partial charge in [0.05, 0.1) is 13.7 Å². The molecule has 0 heterocycles. The predicted octanol–water partition coefficient (Wildman–Crippen LogP) is 2.02. The van der Waals surface area contributed by atoms with Crippen LogP contribution < -0.4 is 4.74 Å². The third-order valence-corrected chi connectivity index (χ3v) is 3.01. The van der Waals surface area contributed by atoms with Crippen molar-refractivity contribution in [2.24, 2.45) is 0 Å². The highest BCUT2D eigenvalue weighted by Crippen LogP contribution is 2.12. The number of likely N-dealkylation sites (N-methyl/N-ethyl adjacent to an activating group) is 1. The van der Waals surface area contributed by atoms with Crippen molar-refractivity contribution in [3.63, 3.8) is 0 Å². The second-order valence-corrected chi connectivity index (χ2v) is 4.13. The number of ether oxygens (including phenoxy) is 1. The molecule has 0 amide bonds. The molecule has 4 heteroatoms. The van der Waals surface area contributed by atoms with Gasteiger partial charge in [0.2, 0.25) is 0 Å². The maximum atomic E-state index is 11.8. The third-order valence-electron chi connectivity index (χ3n) is 2.61. The summed E-state index contributed by atoms with van der Waals surface area (Å²) in [6.45, 7) is 3.33. The van der Waals surface area contributed by atoms with Crippen LogP contribution in [0.2, 0.25) is 0 Å². The van der Waals surface area contributed by atoms with Crippen LogP contribution in [-0.2, 0) is 11.2 Å². The number of rotatable bonds is 7. The number of nitrogens with zero attached hydrogens (tertiary/aromatic N) is 1. The van der Waals surface area contributed by atoms with E-state index < -0.39 is 0 Å². The fourth-order valence-electron chi connectivity index (χ4n) is 1.54. The van der Waals surface area contributed by atoms with E-state index in [-0.39, 0.29) is 5.78 Å². The number of ketones is 1. The molecule has 0 spiro atoms. The van der Waals surface area contributed by atoms with Gasteiger partial charge in [0.25, 0.3) is 0 Å². The molecule has 0 aliphatic carbocycles. The number of thiol groups is 1. The predicted molar refractivity (Wildman–Crippen MR) is 72.8 cm³/mol. The molecule has 0 N–H and O–H groups in total. The summed E-state index contributed by atoms with van der Waals surface area (Å²) in [6.07, 6.45) is 0.467. The van der Waals surface area contributed by atoms with Crippen LogP contribution in [0.5, 0.6) is 5.75 Å². The number of carbonyl (C=O) groups excluding carboxylic acids is 1. The number of Topliss-reactive ketones (excluding diaryl/α,β-unsaturated/α-hetero) is 1. The minimum absolute atomic E-state index is 0.214. The lowest BCUT2D eigenvalue weighted by atomic mass is 10.1. The molecule has 0 fully saturated rings. The van der Waals surface area contributed by atoms with Gasteiger partial charge in [0, 0.05) is 12.3 Å². The quantitative estimate of drug-likeness (QED) is 0.595. The summed E-state index contributed by atoms with van der Waals surface area (Å²) in [4.78, 5) is 13.8. The van der Waals surface area contributed by atoms with E-state index >= 15 is 0 Å². The molecule has 0 saturated carbocycles. The van der Waals surface area contributed by atoms with Gasteiger partial charge in [-0.25, -0.2) is 0 Å². The van der Waals surface area contributed by atoms with Crippen LogP contribution in [0.1, 0.15) is 12.5 Å². The van der Waals surface area contributed by atoms with E-state index in [4.69, 9.17) is 4.74 Å². The lowest BCUT2D eigenvalue weighted by molar-refractivity contribution is -0.119. The van der Waals surface area contributed by atoms with Crippen molar-refractivity contribution in [1.82, 2.24) is 4.90 Å². The van der Waals surface area contributed by atoms with Gasteiger partial charge < -0.3 is 4.74 Å². The van der Waals surface area contributed by atoms with Crippen LogP contribution in [0.4, 0.5) is 0 Å². The molecule has 0 unspecified atom stereocenters. The maximum absolute atomic E-state index is 11.8. The summed E-state index contributed by atoms with van der Waals surface area (Å²) in [5, 5.41) is 0. The van der Waals surface area contributed by atoms with E-state index in [0.29, 0.717) is 18.8 Å². The van der Waals surface area contributed by atoms with E-state index in [9.17, 15) is 4.79 Å². The van der Waals surface area contributed by atoms with Crippen molar-refractivity contribution >= 4 is 18.4 Å². The Bertz CT molecular complexity index is 347. The fourth-order valence-corrected chi connectivity index (χ4v) is 1.84. The fraction of sp³-hybridized carbons (Fsp3) is 0.462. The number of hydrogen-bond acceptors (Lipinski definition) is 4. The van der Waals surface area contributed by atoms with Gasteiger partial charge in [-0.2, -0.15) is 12.6 Å². The van der Waals surface area contributed by atoms with Crippen LogP contribution in [0.15, 0.2) is 24.3 Å². The standard InChI is InChI=1S/C13H19NO2S/c1-3-14(10-17)9-12(15)8-11-4-6-13(16-2)7-5-11/h4-7,17H,3,8-10H2,1-2H3. The molecule has 0 bridgehead atoms. The SMILES string of the molecule is CCN(CS)CC(=O)Cc1ccc(OC)cc1. The van der Waals surface area contributed by atoms with Crippen LogP contribution in [0, 0.1) is 0 Å². The summed E-state index contributed by atoms with van der Waals surface area (Å²) in [5.41, 5.74) is 1.02. The van der Waals surface area contributed by atoms with E-state index in [1.54, 1.807) is 7.11 Å². The smallest absolute Gasteiger partial charge is 0.151 e. The van der Waals surface area contributed by atoms with Gasteiger partial charge in [0.15, 0.2) is 5.78 Å². The zero-order valence-corrected chi connectivity index (χ0v) is 11.2. The molecule has 1 aromatic rings. The van der Waals surface area contributed by atoms with Gasteiger partial charge in [-0.1, -0.05) is 19.1 Å². The van der Waals surface area contributed by atoms with Crippen molar-refractivity contribution in [2.75, 3.05) is 26.1 Å². The van der Waals surface area contributed by atoms with E-state index in [2.05, 4.69) is 12.6 Å². The first-order valence-corrected chi connectivity index (χ1v) is 6.30. The minimum atomic E-state index is 0.214. The number of carbonyl (C=O) groups is 1. The number of hydrogen-bond donors (Lipinski definition) is 1. The average molecular weight is 253 g/mol. The first kappa shape index (κ1) is 14.1. The second kappa shape index (κ2) is 7.35. The summed E-state index contributed by atoms with van der Waals surface area (Å²) in [7, 11) is 1.63. The molecule has 17 heavy (non-hydrogen) atoms. The summed E-state index contributed by atoms with van der Waals surface area (Å²) < 4.78 is 5.07. The monoisotopic (exact) mass is 253 g/mol. The third kappa shape index (κ3) is 4.79. The first-order chi connectivity index (χ1) is 8.19. The van der Waals surface area contributed by atoms with Crippen LogP contribution in [0.25, 0.3) is 0 Å².